The van der Waals surface area contributed by atoms with E-state index in [1.54, 1.807) is 16.7 Å². The van der Waals surface area contributed by atoms with Gasteiger partial charge in [-0.05, 0) is 25.3 Å². The molecule has 3 aromatic rings. The van der Waals surface area contributed by atoms with Gasteiger partial charge in [-0.1, -0.05) is 24.3 Å². The molecular formula is C18H19N3O2. The van der Waals surface area contributed by atoms with Crippen LogP contribution in [-0.4, -0.2) is 34.7 Å². The molecule has 0 amide bonds. The van der Waals surface area contributed by atoms with Crippen molar-refractivity contribution in [2.45, 2.75) is 26.1 Å². The third-order valence-electron chi connectivity index (χ3n) is 4.29. The van der Waals surface area contributed by atoms with E-state index in [4.69, 9.17) is 9.72 Å². The number of morpholine rings is 1. The first-order valence-corrected chi connectivity index (χ1v) is 7.93. The second-order valence-corrected chi connectivity index (χ2v) is 6.21. The molecule has 0 N–H and O–H groups in total. The van der Waals surface area contributed by atoms with Gasteiger partial charge in [0.15, 0.2) is 0 Å². The zero-order valence-electron chi connectivity index (χ0n) is 13.3. The molecule has 23 heavy (non-hydrogen) atoms. The normalized spacial score (nSPS) is 21.9. The Morgan fingerprint density at radius 2 is 1.87 bits per heavy atom. The highest BCUT2D eigenvalue weighted by Gasteiger charge is 2.24. The van der Waals surface area contributed by atoms with E-state index in [2.05, 4.69) is 4.90 Å². The highest BCUT2D eigenvalue weighted by Crippen LogP contribution is 2.21. The number of benzene rings is 1. The number of nitrogens with zero attached hydrogens (tertiary/aromatic N) is 3. The molecule has 5 heteroatoms. The van der Waals surface area contributed by atoms with Crippen molar-refractivity contribution in [3.05, 3.63) is 52.9 Å². The predicted molar refractivity (Wildman–Crippen MR) is 91.2 cm³/mol. The van der Waals surface area contributed by atoms with Crippen LogP contribution in [0.15, 0.2) is 47.4 Å². The highest BCUT2D eigenvalue weighted by atomic mass is 16.5. The lowest BCUT2D eigenvalue weighted by Crippen LogP contribution is -2.46. The SMILES string of the molecule is C[C@@H]1CN(c2cc(=O)n3ccc4ccccc4c3n2)C[C@H](C)O1. The Kier molecular flexibility index (Phi) is 3.31. The second kappa shape index (κ2) is 5.35. The summed E-state index contributed by atoms with van der Waals surface area (Å²) in [7, 11) is 0. The molecule has 1 saturated heterocycles. The van der Waals surface area contributed by atoms with E-state index in [0.29, 0.717) is 5.65 Å². The molecule has 5 nitrogen and oxygen atoms in total. The fraction of sp³-hybridized carbons (Fsp3) is 0.333. The molecule has 3 heterocycles. The number of hydrogen-bond acceptors (Lipinski definition) is 4. The van der Waals surface area contributed by atoms with Crippen molar-refractivity contribution in [1.29, 1.82) is 0 Å². The summed E-state index contributed by atoms with van der Waals surface area (Å²) in [5.41, 5.74) is 0.653. The quantitative estimate of drug-likeness (QED) is 0.648. The Labute approximate surface area is 134 Å². The minimum Gasteiger partial charge on any atom is -0.372 e. The number of fused-ring (bicyclic) bond motifs is 3. The summed E-state index contributed by atoms with van der Waals surface area (Å²) in [4.78, 5) is 19.4. The minimum atomic E-state index is -0.0532. The molecule has 1 aromatic carbocycles. The van der Waals surface area contributed by atoms with E-state index < -0.39 is 0 Å². The van der Waals surface area contributed by atoms with Crippen LogP contribution in [0.1, 0.15) is 13.8 Å². The van der Waals surface area contributed by atoms with Crippen molar-refractivity contribution in [1.82, 2.24) is 9.38 Å². The standard InChI is InChI=1S/C18H19N3O2/c1-12-10-20(11-13(2)23-12)16-9-17(22)21-8-7-14-5-3-4-6-15(14)18(21)19-16/h3-9,12-13H,10-11H2,1-2H3/t12-,13+. The molecule has 4 rings (SSSR count). The summed E-state index contributed by atoms with van der Waals surface area (Å²) in [5.74, 6) is 0.730. The fourth-order valence-corrected chi connectivity index (χ4v) is 3.34. The van der Waals surface area contributed by atoms with Crippen LogP contribution in [0.2, 0.25) is 0 Å². The van der Waals surface area contributed by atoms with Crippen LogP contribution in [0, 0.1) is 0 Å². The molecule has 0 radical (unpaired) electrons. The van der Waals surface area contributed by atoms with Crippen molar-refractivity contribution >= 4 is 22.2 Å². The van der Waals surface area contributed by atoms with E-state index in [1.165, 1.54) is 0 Å². The van der Waals surface area contributed by atoms with Gasteiger partial charge in [-0.25, -0.2) is 4.98 Å². The topological polar surface area (TPSA) is 46.8 Å². The monoisotopic (exact) mass is 309 g/mol. The first kappa shape index (κ1) is 14.2. The van der Waals surface area contributed by atoms with Crippen LogP contribution in [0.25, 0.3) is 16.4 Å². The van der Waals surface area contributed by atoms with E-state index in [-0.39, 0.29) is 17.8 Å². The first-order valence-electron chi connectivity index (χ1n) is 7.93. The van der Waals surface area contributed by atoms with Crippen LogP contribution < -0.4 is 10.5 Å². The number of ether oxygens (including phenoxy) is 1. The molecule has 1 aliphatic heterocycles. The van der Waals surface area contributed by atoms with Gasteiger partial charge in [0, 0.05) is 30.7 Å². The van der Waals surface area contributed by atoms with Gasteiger partial charge in [-0.15, -0.1) is 0 Å². The number of rotatable bonds is 1. The van der Waals surface area contributed by atoms with Crippen LogP contribution in [-0.2, 0) is 4.74 Å². The lowest BCUT2D eigenvalue weighted by Gasteiger charge is -2.36. The molecule has 0 unspecified atom stereocenters. The first-order chi connectivity index (χ1) is 11.1. The molecule has 0 spiro atoms. The Morgan fingerprint density at radius 1 is 1.13 bits per heavy atom. The van der Waals surface area contributed by atoms with Gasteiger partial charge in [0.25, 0.3) is 5.56 Å². The van der Waals surface area contributed by atoms with Gasteiger partial charge in [0.1, 0.15) is 11.5 Å². The van der Waals surface area contributed by atoms with Crippen molar-refractivity contribution in [2.75, 3.05) is 18.0 Å². The summed E-state index contributed by atoms with van der Waals surface area (Å²) in [5, 5.41) is 2.07. The summed E-state index contributed by atoms with van der Waals surface area (Å²) < 4.78 is 7.38. The maximum atomic E-state index is 12.5. The fourth-order valence-electron chi connectivity index (χ4n) is 3.34. The van der Waals surface area contributed by atoms with Crippen LogP contribution in [0.5, 0.6) is 0 Å². The van der Waals surface area contributed by atoms with Gasteiger partial charge in [0.2, 0.25) is 0 Å². The molecule has 1 aliphatic rings. The molecule has 2 atom stereocenters. The summed E-state index contributed by atoms with van der Waals surface area (Å²) >= 11 is 0. The van der Waals surface area contributed by atoms with Crippen molar-refractivity contribution < 1.29 is 4.74 Å². The summed E-state index contributed by atoms with van der Waals surface area (Å²) in [6, 6.07) is 11.6. The molecule has 1 fully saturated rings. The Hall–Kier alpha value is -2.40. The Bertz CT molecular complexity index is 924. The Morgan fingerprint density at radius 3 is 2.65 bits per heavy atom. The zero-order chi connectivity index (χ0) is 16.0. The maximum absolute atomic E-state index is 12.5. The molecule has 0 saturated carbocycles. The molecule has 2 aromatic heterocycles. The van der Waals surface area contributed by atoms with Crippen molar-refractivity contribution in [2.24, 2.45) is 0 Å². The van der Waals surface area contributed by atoms with Gasteiger partial charge >= 0.3 is 0 Å². The predicted octanol–water partition coefficient (Wildman–Crippen LogP) is 2.46. The average molecular weight is 309 g/mol. The smallest absolute Gasteiger partial charge is 0.259 e. The van der Waals surface area contributed by atoms with Crippen LogP contribution in [0.4, 0.5) is 5.82 Å². The second-order valence-electron chi connectivity index (χ2n) is 6.21. The zero-order valence-corrected chi connectivity index (χ0v) is 13.3. The van der Waals surface area contributed by atoms with Gasteiger partial charge < -0.3 is 9.64 Å². The average Bonchev–Trinajstić information content (AvgIpc) is 2.53. The number of aromatic nitrogens is 2. The van der Waals surface area contributed by atoms with E-state index in [9.17, 15) is 4.79 Å². The minimum absolute atomic E-state index is 0.0532. The number of anilines is 1. The lowest BCUT2D eigenvalue weighted by molar-refractivity contribution is -0.00545. The third kappa shape index (κ3) is 2.47. The van der Waals surface area contributed by atoms with Crippen molar-refractivity contribution in [3.63, 3.8) is 0 Å². The Balaban J connectivity index is 1.91. The maximum Gasteiger partial charge on any atom is 0.259 e. The molecular weight excluding hydrogens is 290 g/mol. The largest absolute Gasteiger partial charge is 0.372 e. The van der Waals surface area contributed by atoms with E-state index >= 15 is 0 Å². The summed E-state index contributed by atoms with van der Waals surface area (Å²) in [6.45, 7) is 5.59. The van der Waals surface area contributed by atoms with Gasteiger partial charge in [-0.3, -0.25) is 9.20 Å². The molecule has 0 aliphatic carbocycles. The van der Waals surface area contributed by atoms with Crippen LogP contribution in [0.3, 0.4) is 0 Å². The third-order valence-corrected chi connectivity index (χ3v) is 4.29. The lowest BCUT2D eigenvalue weighted by atomic mass is 10.1. The highest BCUT2D eigenvalue weighted by molar-refractivity contribution is 5.94. The number of pyridine rings is 1. The van der Waals surface area contributed by atoms with Crippen molar-refractivity contribution in [3.8, 4) is 0 Å². The molecule has 0 bridgehead atoms. The van der Waals surface area contributed by atoms with E-state index in [0.717, 1.165) is 29.7 Å². The van der Waals surface area contributed by atoms with Gasteiger partial charge in [-0.2, -0.15) is 0 Å². The van der Waals surface area contributed by atoms with Crippen LogP contribution >= 0.6 is 0 Å². The van der Waals surface area contributed by atoms with Gasteiger partial charge in [0.05, 0.1) is 12.2 Å². The molecule has 118 valence electrons. The number of hydrogen-bond donors (Lipinski definition) is 0. The van der Waals surface area contributed by atoms with E-state index in [1.807, 2.05) is 44.2 Å². The summed E-state index contributed by atoms with van der Waals surface area (Å²) in [6.07, 6.45) is 2.06.